The van der Waals surface area contributed by atoms with E-state index < -0.39 is 0 Å². The van der Waals surface area contributed by atoms with Gasteiger partial charge in [0.2, 0.25) is 0 Å². The number of amides is 2. The number of nitrogens with two attached hydrogens (primary N) is 1. The molecule has 1 fully saturated rings. The van der Waals surface area contributed by atoms with Gasteiger partial charge in [0.05, 0.1) is 11.0 Å². The van der Waals surface area contributed by atoms with Crippen LogP contribution in [0.4, 0.5) is 0 Å². The minimum absolute atomic E-state index is 0.0157. The predicted molar refractivity (Wildman–Crippen MR) is 145 cm³/mol. The van der Waals surface area contributed by atoms with E-state index in [2.05, 4.69) is 34.1 Å². The van der Waals surface area contributed by atoms with Gasteiger partial charge in [-0.1, -0.05) is 42.5 Å². The SMILES string of the molecule is Cn1c(CCc2ccc(CN)cc2)nc2cc(C(=O)N3CCC(NC(=O)c4ccccc4)CC3)ccc21. The molecule has 2 amide bonds. The summed E-state index contributed by atoms with van der Waals surface area (Å²) in [6, 6.07) is 23.5. The van der Waals surface area contributed by atoms with Gasteiger partial charge in [0.25, 0.3) is 11.8 Å². The largest absolute Gasteiger partial charge is 0.349 e. The van der Waals surface area contributed by atoms with Gasteiger partial charge in [0, 0.05) is 50.3 Å². The molecule has 7 nitrogen and oxygen atoms in total. The summed E-state index contributed by atoms with van der Waals surface area (Å²) in [5.41, 5.74) is 11.3. The smallest absolute Gasteiger partial charge is 0.253 e. The van der Waals surface area contributed by atoms with Crippen LogP contribution in [0.2, 0.25) is 0 Å². The molecule has 7 heteroatoms. The standard InChI is InChI=1S/C30H33N5O2/c1-34-27-13-12-24(19-26(27)33-28(34)14-11-21-7-9-22(20-31)10-8-21)30(37)35-17-15-25(16-18-35)32-29(36)23-5-3-2-4-6-23/h2-10,12-13,19,25H,11,14-18,20,31H2,1H3,(H,32,36). The van der Waals surface area contributed by atoms with Crippen molar-refractivity contribution in [2.45, 2.75) is 38.3 Å². The van der Waals surface area contributed by atoms with Crippen molar-refractivity contribution in [3.63, 3.8) is 0 Å². The summed E-state index contributed by atoms with van der Waals surface area (Å²) in [5.74, 6) is 0.953. The maximum Gasteiger partial charge on any atom is 0.253 e. The highest BCUT2D eigenvalue weighted by molar-refractivity contribution is 5.97. The van der Waals surface area contributed by atoms with Gasteiger partial charge < -0.3 is 20.5 Å². The molecule has 1 saturated heterocycles. The van der Waals surface area contributed by atoms with Crippen LogP contribution in [0.15, 0.2) is 72.8 Å². The van der Waals surface area contributed by atoms with E-state index in [1.54, 1.807) is 0 Å². The maximum atomic E-state index is 13.2. The van der Waals surface area contributed by atoms with Crippen LogP contribution in [0, 0.1) is 0 Å². The van der Waals surface area contributed by atoms with E-state index in [9.17, 15) is 9.59 Å². The quantitative estimate of drug-likeness (QED) is 0.407. The van der Waals surface area contributed by atoms with Crippen LogP contribution >= 0.6 is 0 Å². The molecular formula is C30H33N5O2. The van der Waals surface area contributed by atoms with Gasteiger partial charge in [-0.15, -0.1) is 0 Å². The molecule has 1 aromatic heterocycles. The van der Waals surface area contributed by atoms with Crippen molar-refractivity contribution in [1.29, 1.82) is 0 Å². The van der Waals surface area contributed by atoms with Crippen molar-refractivity contribution in [2.75, 3.05) is 13.1 Å². The summed E-state index contributed by atoms with van der Waals surface area (Å²) in [4.78, 5) is 32.4. The minimum Gasteiger partial charge on any atom is -0.349 e. The number of nitrogens with one attached hydrogen (secondary N) is 1. The Morgan fingerprint density at radius 3 is 2.32 bits per heavy atom. The second-order valence-electron chi connectivity index (χ2n) is 9.72. The zero-order chi connectivity index (χ0) is 25.8. The molecule has 0 bridgehead atoms. The number of fused-ring (bicyclic) bond motifs is 1. The molecule has 3 aromatic carbocycles. The molecule has 1 aliphatic heterocycles. The van der Waals surface area contributed by atoms with Crippen molar-refractivity contribution in [3.05, 3.63) is 101 Å². The first-order valence-electron chi connectivity index (χ1n) is 12.9. The maximum absolute atomic E-state index is 13.2. The first-order valence-corrected chi connectivity index (χ1v) is 12.9. The molecule has 0 saturated carbocycles. The van der Waals surface area contributed by atoms with Crippen LogP contribution in [0.5, 0.6) is 0 Å². The van der Waals surface area contributed by atoms with E-state index in [0.29, 0.717) is 30.8 Å². The Hall–Kier alpha value is -3.97. The number of imidazole rings is 1. The van der Waals surface area contributed by atoms with Gasteiger partial charge >= 0.3 is 0 Å². The molecule has 190 valence electrons. The minimum atomic E-state index is -0.0608. The first kappa shape index (κ1) is 24.7. The Morgan fingerprint density at radius 2 is 1.62 bits per heavy atom. The highest BCUT2D eigenvalue weighted by atomic mass is 16.2. The number of piperidine rings is 1. The summed E-state index contributed by atoms with van der Waals surface area (Å²) in [5, 5.41) is 3.10. The molecule has 3 N–H and O–H groups in total. The first-order chi connectivity index (χ1) is 18.0. The molecule has 37 heavy (non-hydrogen) atoms. The summed E-state index contributed by atoms with van der Waals surface area (Å²) < 4.78 is 2.11. The van der Waals surface area contributed by atoms with Crippen molar-refractivity contribution >= 4 is 22.8 Å². The average molecular weight is 496 g/mol. The lowest BCUT2D eigenvalue weighted by molar-refractivity contribution is 0.0698. The second kappa shape index (κ2) is 11.0. The van der Waals surface area contributed by atoms with E-state index in [1.807, 2.05) is 60.5 Å². The van der Waals surface area contributed by atoms with Crippen molar-refractivity contribution < 1.29 is 9.59 Å². The van der Waals surface area contributed by atoms with Gasteiger partial charge in [-0.25, -0.2) is 4.98 Å². The van der Waals surface area contributed by atoms with Crippen LogP contribution in [-0.2, 0) is 26.4 Å². The molecule has 0 unspecified atom stereocenters. The lowest BCUT2D eigenvalue weighted by Crippen LogP contribution is -2.46. The van der Waals surface area contributed by atoms with Gasteiger partial charge in [0.15, 0.2) is 0 Å². The number of hydrogen-bond acceptors (Lipinski definition) is 4. The molecule has 2 heterocycles. The van der Waals surface area contributed by atoms with Crippen molar-refractivity contribution in [2.24, 2.45) is 12.8 Å². The number of rotatable bonds is 7. The Labute approximate surface area is 217 Å². The average Bonchev–Trinajstić information content (AvgIpc) is 3.27. The summed E-state index contributed by atoms with van der Waals surface area (Å²) in [7, 11) is 2.03. The third-order valence-electron chi connectivity index (χ3n) is 7.27. The molecule has 5 rings (SSSR count). The molecule has 0 aliphatic carbocycles. The summed E-state index contributed by atoms with van der Waals surface area (Å²) in [6.45, 7) is 1.79. The number of likely N-dealkylation sites (tertiary alicyclic amines) is 1. The highest BCUT2D eigenvalue weighted by Gasteiger charge is 2.25. The summed E-state index contributed by atoms with van der Waals surface area (Å²) in [6.07, 6.45) is 3.20. The number of nitrogens with zero attached hydrogens (tertiary/aromatic N) is 3. The van der Waals surface area contributed by atoms with E-state index in [0.717, 1.165) is 48.1 Å². The monoisotopic (exact) mass is 495 g/mol. The third kappa shape index (κ3) is 5.57. The topological polar surface area (TPSA) is 93.2 Å². The van der Waals surface area contributed by atoms with Crippen LogP contribution in [0.25, 0.3) is 11.0 Å². The number of hydrogen-bond donors (Lipinski definition) is 2. The fraction of sp³-hybridized carbons (Fsp3) is 0.300. The third-order valence-corrected chi connectivity index (χ3v) is 7.27. The van der Waals surface area contributed by atoms with Crippen LogP contribution in [0.1, 0.15) is 50.5 Å². The lowest BCUT2D eigenvalue weighted by atomic mass is 10.0. The van der Waals surface area contributed by atoms with Crippen LogP contribution < -0.4 is 11.1 Å². The number of aryl methyl sites for hydroxylation is 3. The number of carbonyl (C=O) groups is 2. The molecule has 4 aromatic rings. The fourth-order valence-electron chi connectivity index (χ4n) is 4.97. The van der Waals surface area contributed by atoms with Gasteiger partial charge in [0.1, 0.15) is 5.82 Å². The van der Waals surface area contributed by atoms with E-state index in [4.69, 9.17) is 10.7 Å². The Bertz CT molecular complexity index is 1390. The number of benzene rings is 3. The van der Waals surface area contributed by atoms with Gasteiger partial charge in [-0.05, 0) is 60.7 Å². The van der Waals surface area contributed by atoms with Crippen molar-refractivity contribution in [1.82, 2.24) is 19.8 Å². The van der Waals surface area contributed by atoms with Crippen molar-refractivity contribution in [3.8, 4) is 0 Å². The van der Waals surface area contributed by atoms with Crippen LogP contribution in [0.3, 0.4) is 0 Å². The molecular weight excluding hydrogens is 462 g/mol. The van der Waals surface area contributed by atoms with E-state index >= 15 is 0 Å². The Kier molecular flexibility index (Phi) is 7.32. The van der Waals surface area contributed by atoms with E-state index in [-0.39, 0.29) is 17.9 Å². The van der Waals surface area contributed by atoms with Gasteiger partial charge in [-0.2, -0.15) is 0 Å². The zero-order valence-electron chi connectivity index (χ0n) is 21.2. The molecule has 0 radical (unpaired) electrons. The number of aromatic nitrogens is 2. The Balaban J connectivity index is 1.20. The fourth-order valence-corrected chi connectivity index (χ4v) is 4.97. The van der Waals surface area contributed by atoms with E-state index in [1.165, 1.54) is 5.56 Å². The van der Waals surface area contributed by atoms with Gasteiger partial charge in [-0.3, -0.25) is 9.59 Å². The second-order valence-corrected chi connectivity index (χ2v) is 9.72. The van der Waals surface area contributed by atoms with Crippen LogP contribution in [-0.4, -0.2) is 45.4 Å². The molecule has 0 spiro atoms. The predicted octanol–water partition coefficient (Wildman–Crippen LogP) is 3.85. The lowest BCUT2D eigenvalue weighted by Gasteiger charge is -2.32. The normalized spacial score (nSPS) is 14.2. The Morgan fingerprint density at radius 1 is 0.919 bits per heavy atom. The summed E-state index contributed by atoms with van der Waals surface area (Å²) >= 11 is 0. The zero-order valence-corrected chi connectivity index (χ0v) is 21.2. The highest BCUT2D eigenvalue weighted by Crippen LogP contribution is 2.21. The number of carbonyl (C=O) groups excluding carboxylic acids is 2. The molecule has 0 atom stereocenters. The molecule has 1 aliphatic rings.